The summed E-state index contributed by atoms with van der Waals surface area (Å²) < 4.78 is 1.83. The number of rotatable bonds is 4. The number of carbonyl (C=O) groups excluding carboxylic acids is 1. The third kappa shape index (κ3) is 3.10. The predicted octanol–water partition coefficient (Wildman–Crippen LogP) is 2.05. The van der Waals surface area contributed by atoms with Crippen LogP contribution >= 0.6 is 0 Å². The van der Waals surface area contributed by atoms with Crippen LogP contribution < -0.4 is 0 Å². The van der Waals surface area contributed by atoms with Gasteiger partial charge in [0, 0.05) is 38.1 Å². The minimum atomic E-state index is -0.769. The molecule has 1 aliphatic heterocycles. The molecular weight excluding hydrogens is 282 g/mol. The third-order valence-electron chi connectivity index (χ3n) is 4.21. The number of carboxylic acids is 1. The highest BCUT2D eigenvalue weighted by atomic mass is 16.4. The van der Waals surface area contributed by atoms with Gasteiger partial charge in [0.25, 0.3) is 5.91 Å². The van der Waals surface area contributed by atoms with Gasteiger partial charge in [-0.1, -0.05) is 0 Å². The van der Waals surface area contributed by atoms with Gasteiger partial charge >= 0.3 is 5.97 Å². The van der Waals surface area contributed by atoms with Gasteiger partial charge in [0.2, 0.25) is 0 Å². The Balaban J connectivity index is 1.69. The number of carbonyl (C=O) groups is 2. The van der Waals surface area contributed by atoms with E-state index in [1.165, 1.54) is 0 Å². The van der Waals surface area contributed by atoms with Crippen LogP contribution in [0, 0.1) is 5.92 Å². The van der Waals surface area contributed by atoms with E-state index in [1.54, 1.807) is 18.5 Å². The van der Waals surface area contributed by atoms with Crippen molar-refractivity contribution in [3.63, 3.8) is 0 Å². The van der Waals surface area contributed by atoms with E-state index >= 15 is 0 Å². The summed E-state index contributed by atoms with van der Waals surface area (Å²) in [5.41, 5.74) is 1.46. The Hall–Kier alpha value is -2.37. The topological polar surface area (TPSA) is 74.9 Å². The van der Waals surface area contributed by atoms with Crippen LogP contribution in [0.3, 0.4) is 0 Å². The molecule has 3 rings (SSSR count). The minimum absolute atomic E-state index is 0.00984. The van der Waals surface area contributed by atoms with E-state index in [0.29, 0.717) is 18.5 Å². The summed E-state index contributed by atoms with van der Waals surface area (Å²) in [7, 11) is 0. The molecule has 2 aromatic heterocycles. The van der Waals surface area contributed by atoms with E-state index in [4.69, 9.17) is 5.11 Å². The standard InChI is InChI=1S/C16H19N3O3/c20-15(21)6-3-12-2-1-8-19(10-12)16(22)13-4-5-14-17-7-9-18(14)11-13/h4-5,7,9,11-12H,1-3,6,8,10H2,(H,20,21)/t12-/m0/s1. The van der Waals surface area contributed by atoms with Gasteiger partial charge in [-0.2, -0.15) is 0 Å². The molecule has 0 radical (unpaired) electrons. The van der Waals surface area contributed by atoms with E-state index in [1.807, 2.05) is 21.6 Å². The van der Waals surface area contributed by atoms with Crippen LogP contribution in [0.25, 0.3) is 5.65 Å². The Morgan fingerprint density at radius 3 is 3.05 bits per heavy atom. The second-order valence-electron chi connectivity index (χ2n) is 5.80. The summed E-state index contributed by atoms with van der Waals surface area (Å²) in [5, 5.41) is 8.79. The molecular formula is C16H19N3O3. The normalized spacial score (nSPS) is 18.5. The van der Waals surface area contributed by atoms with E-state index < -0.39 is 5.97 Å². The maximum Gasteiger partial charge on any atom is 0.303 e. The van der Waals surface area contributed by atoms with Crippen LogP contribution in [0.2, 0.25) is 0 Å². The van der Waals surface area contributed by atoms with Crippen molar-refractivity contribution in [3.05, 3.63) is 36.3 Å². The molecule has 6 nitrogen and oxygen atoms in total. The van der Waals surface area contributed by atoms with Crippen LogP contribution in [-0.2, 0) is 4.79 Å². The Kier molecular flexibility index (Phi) is 4.09. The lowest BCUT2D eigenvalue weighted by molar-refractivity contribution is -0.137. The zero-order valence-corrected chi connectivity index (χ0v) is 12.3. The number of fused-ring (bicyclic) bond motifs is 1. The maximum absolute atomic E-state index is 12.6. The summed E-state index contributed by atoms with van der Waals surface area (Å²) in [6.45, 7) is 1.39. The lowest BCUT2D eigenvalue weighted by atomic mass is 9.93. The summed E-state index contributed by atoms with van der Waals surface area (Å²) in [6, 6.07) is 3.63. The molecule has 1 aliphatic rings. The molecule has 116 valence electrons. The molecule has 0 unspecified atom stereocenters. The molecule has 0 saturated carbocycles. The van der Waals surface area contributed by atoms with Gasteiger partial charge < -0.3 is 14.4 Å². The second-order valence-corrected chi connectivity index (χ2v) is 5.80. The highest BCUT2D eigenvalue weighted by molar-refractivity contribution is 5.94. The molecule has 3 heterocycles. The molecule has 1 fully saturated rings. The molecule has 22 heavy (non-hydrogen) atoms. The number of hydrogen-bond donors (Lipinski definition) is 1. The summed E-state index contributed by atoms with van der Waals surface area (Å²) in [4.78, 5) is 29.3. The summed E-state index contributed by atoms with van der Waals surface area (Å²) in [5.74, 6) is -0.476. The van der Waals surface area contributed by atoms with Crippen LogP contribution in [0.1, 0.15) is 36.0 Å². The molecule has 1 amide bonds. The number of amides is 1. The second kappa shape index (κ2) is 6.17. The molecule has 0 aliphatic carbocycles. The summed E-state index contributed by atoms with van der Waals surface area (Å²) in [6.07, 6.45) is 8.06. The van der Waals surface area contributed by atoms with Crippen molar-refractivity contribution in [2.75, 3.05) is 13.1 Å². The number of nitrogens with zero attached hydrogens (tertiary/aromatic N) is 3. The highest BCUT2D eigenvalue weighted by Gasteiger charge is 2.25. The zero-order chi connectivity index (χ0) is 15.5. The number of hydrogen-bond acceptors (Lipinski definition) is 3. The lowest BCUT2D eigenvalue weighted by Gasteiger charge is -2.32. The van der Waals surface area contributed by atoms with Gasteiger partial charge in [0.1, 0.15) is 5.65 Å². The van der Waals surface area contributed by atoms with Crippen LogP contribution in [0.15, 0.2) is 30.7 Å². The van der Waals surface area contributed by atoms with E-state index in [9.17, 15) is 9.59 Å². The Labute approximate surface area is 128 Å². The van der Waals surface area contributed by atoms with Crippen LogP contribution in [0.4, 0.5) is 0 Å². The number of likely N-dealkylation sites (tertiary alicyclic amines) is 1. The first kappa shape index (κ1) is 14.6. The number of aromatic nitrogens is 2. The largest absolute Gasteiger partial charge is 0.481 e. The van der Waals surface area contributed by atoms with Gasteiger partial charge in [-0.05, 0) is 37.3 Å². The smallest absolute Gasteiger partial charge is 0.303 e. The molecule has 0 aromatic carbocycles. The average molecular weight is 301 g/mol. The van der Waals surface area contributed by atoms with Crippen LogP contribution in [-0.4, -0.2) is 44.4 Å². The quantitative estimate of drug-likeness (QED) is 0.938. The first-order valence-corrected chi connectivity index (χ1v) is 7.57. The van der Waals surface area contributed by atoms with E-state index in [2.05, 4.69) is 4.98 Å². The fraction of sp³-hybridized carbons (Fsp3) is 0.438. The Morgan fingerprint density at radius 1 is 1.36 bits per heavy atom. The van der Waals surface area contributed by atoms with Crippen molar-refractivity contribution in [2.45, 2.75) is 25.7 Å². The Morgan fingerprint density at radius 2 is 2.23 bits per heavy atom. The van der Waals surface area contributed by atoms with Crippen LogP contribution in [0.5, 0.6) is 0 Å². The molecule has 1 saturated heterocycles. The first-order valence-electron chi connectivity index (χ1n) is 7.57. The number of aliphatic carboxylic acids is 1. The predicted molar refractivity (Wildman–Crippen MR) is 80.7 cm³/mol. The fourth-order valence-corrected chi connectivity index (χ4v) is 3.04. The third-order valence-corrected chi connectivity index (χ3v) is 4.21. The van der Waals surface area contributed by atoms with Gasteiger partial charge in [0.05, 0.1) is 5.56 Å². The van der Waals surface area contributed by atoms with Crippen molar-refractivity contribution >= 4 is 17.5 Å². The molecule has 6 heteroatoms. The fourth-order valence-electron chi connectivity index (χ4n) is 3.04. The molecule has 0 spiro atoms. The molecule has 0 bridgehead atoms. The number of imidazole rings is 1. The van der Waals surface area contributed by atoms with Gasteiger partial charge in [-0.3, -0.25) is 9.59 Å². The maximum atomic E-state index is 12.6. The minimum Gasteiger partial charge on any atom is -0.481 e. The van der Waals surface area contributed by atoms with Crippen molar-refractivity contribution in [1.82, 2.24) is 14.3 Å². The highest BCUT2D eigenvalue weighted by Crippen LogP contribution is 2.22. The molecule has 1 atom stereocenters. The van der Waals surface area contributed by atoms with E-state index in [0.717, 1.165) is 25.0 Å². The van der Waals surface area contributed by atoms with Gasteiger partial charge in [-0.25, -0.2) is 4.98 Å². The molecule has 1 N–H and O–H groups in total. The monoisotopic (exact) mass is 301 g/mol. The summed E-state index contributed by atoms with van der Waals surface area (Å²) >= 11 is 0. The number of piperidine rings is 1. The van der Waals surface area contributed by atoms with Gasteiger partial charge in [-0.15, -0.1) is 0 Å². The average Bonchev–Trinajstić information content (AvgIpc) is 3.00. The molecule has 2 aromatic rings. The van der Waals surface area contributed by atoms with E-state index in [-0.39, 0.29) is 18.2 Å². The van der Waals surface area contributed by atoms with Crippen molar-refractivity contribution in [3.8, 4) is 0 Å². The lowest BCUT2D eigenvalue weighted by Crippen LogP contribution is -2.40. The Bertz CT molecular complexity index is 695. The SMILES string of the molecule is O=C(O)CC[C@@H]1CCCN(C(=O)c2ccc3nccn3c2)C1. The number of pyridine rings is 1. The zero-order valence-electron chi connectivity index (χ0n) is 12.3. The van der Waals surface area contributed by atoms with Gasteiger partial charge in [0.15, 0.2) is 0 Å². The number of carboxylic acid groups (broad SMARTS) is 1. The van der Waals surface area contributed by atoms with Crippen molar-refractivity contribution in [2.24, 2.45) is 5.92 Å². The first-order chi connectivity index (χ1) is 10.6. The van der Waals surface area contributed by atoms with Crippen molar-refractivity contribution in [1.29, 1.82) is 0 Å². The van der Waals surface area contributed by atoms with Crippen molar-refractivity contribution < 1.29 is 14.7 Å².